The molecule has 1 aromatic carbocycles. The Morgan fingerprint density at radius 1 is 1.37 bits per heavy atom. The Balaban J connectivity index is 1.84. The van der Waals surface area contributed by atoms with E-state index >= 15 is 0 Å². The maximum Gasteiger partial charge on any atom is 0.338 e. The molecule has 0 saturated carbocycles. The molecule has 0 bridgehead atoms. The van der Waals surface area contributed by atoms with Crippen LogP contribution in [0, 0.1) is 12.7 Å². The van der Waals surface area contributed by atoms with Gasteiger partial charge < -0.3 is 15.2 Å². The number of aliphatic carboxylic acids is 1. The van der Waals surface area contributed by atoms with Gasteiger partial charge in [0.25, 0.3) is 5.92 Å². The lowest BCUT2D eigenvalue weighted by Crippen LogP contribution is -2.43. The second-order valence-corrected chi connectivity index (χ2v) is 9.17. The van der Waals surface area contributed by atoms with Crippen molar-refractivity contribution in [2.45, 2.75) is 38.3 Å². The van der Waals surface area contributed by atoms with Gasteiger partial charge in [-0.1, -0.05) is 6.07 Å². The fourth-order valence-electron chi connectivity index (χ4n) is 4.29. The van der Waals surface area contributed by atoms with Crippen molar-refractivity contribution in [3.63, 3.8) is 0 Å². The average molecular weight is 509 g/mol. The van der Waals surface area contributed by atoms with E-state index in [2.05, 4.69) is 15.3 Å². The van der Waals surface area contributed by atoms with Crippen LogP contribution in [0.2, 0.25) is 0 Å². The van der Waals surface area contributed by atoms with Crippen molar-refractivity contribution in [3.05, 3.63) is 63.0 Å². The second kappa shape index (κ2) is 9.78. The van der Waals surface area contributed by atoms with Crippen LogP contribution in [0.15, 0.2) is 46.0 Å². The number of benzene rings is 1. The minimum absolute atomic E-state index is 0.0428. The Morgan fingerprint density at radius 2 is 2.14 bits per heavy atom. The number of aryl methyl sites for hydroxylation is 1. The molecule has 0 amide bonds. The summed E-state index contributed by atoms with van der Waals surface area (Å²) in [5.74, 6) is -5.48. The number of alkyl halides is 2. The van der Waals surface area contributed by atoms with Gasteiger partial charge in [0, 0.05) is 30.2 Å². The monoisotopic (exact) mass is 508 g/mol. The number of nitrogens with one attached hydrogen (secondary N) is 1. The number of ether oxygens (including phenoxy) is 1. The van der Waals surface area contributed by atoms with E-state index in [-0.39, 0.29) is 30.3 Å². The average Bonchev–Trinajstić information content (AvgIpc) is 3.41. The summed E-state index contributed by atoms with van der Waals surface area (Å²) in [6.45, 7) is 2.27. The summed E-state index contributed by atoms with van der Waals surface area (Å²) in [5, 5.41) is 14.7. The number of nitrogens with zero attached hydrogens (tertiary/aromatic N) is 3. The van der Waals surface area contributed by atoms with Crippen molar-refractivity contribution in [1.29, 1.82) is 0 Å². The first-order chi connectivity index (χ1) is 16.6. The molecule has 1 aromatic heterocycles. The summed E-state index contributed by atoms with van der Waals surface area (Å²) < 4.78 is 47.4. The summed E-state index contributed by atoms with van der Waals surface area (Å²) in [4.78, 5) is 34.8. The van der Waals surface area contributed by atoms with Crippen LogP contribution >= 0.6 is 11.3 Å². The van der Waals surface area contributed by atoms with Crippen molar-refractivity contribution in [1.82, 2.24) is 15.2 Å². The third-order valence-corrected chi connectivity index (χ3v) is 6.58. The molecule has 1 fully saturated rings. The van der Waals surface area contributed by atoms with E-state index in [9.17, 15) is 27.9 Å². The molecular formula is C23H23F3N4O4S. The fraction of sp³-hybridized carbons (Fsp3) is 0.391. The smallest absolute Gasteiger partial charge is 0.338 e. The van der Waals surface area contributed by atoms with E-state index in [0.29, 0.717) is 16.1 Å². The predicted molar refractivity (Wildman–Crippen MR) is 122 cm³/mol. The molecule has 8 nitrogen and oxygen atoms in total. The highest BCUT2D eigenvalue weighted by atomic mass is 32.1. The number of halogens is 3. The van der Waals surface area contributed by atoms with Crippen molar-refractivity contribution in [2.75, 3.05) is 19.7 Å². The number of rotatable bonds is 7. The van der Waals surface area contributed by atoms with Crippen LogP contribution in [-0.2, 0) is 14.3 Å². The number of aromatic nitrogens is 1. The first-order valence-electron chi connectivity index (χ1n) is 10.8. The Morgan fingerprint density at radius 3 is 2.77 bits per heavy atom. The number of carboxylic acids is 1. The molecular weight excluding hydrogens is 485 g/mol. The van der Waals surface area contributed by atoms with Crippen molar-refractivity contribution < 1.29 is 32.6 Å². The van der Waals surface area contributed by atoms with E-state index in [1.54, 1.807) is 25.4 Å². The van der Waals surface area contributed by atoms with E-state index in [0.717, 1.165) is 4.90 Å². The highest BCUT2D eigenvalue weighted by Gasteiger charge is 2.49. The topological polar surface area (TPSA) is 104 Å². The SMILES string of the molecule is CCOC(=O)C1=C(CN2CC(F)(F)C[C@H]2C(=O)O)NC(c2nccs2)=N[C@H]1c1ccc(F)cc1C. The van der Waals surface area contributed by atoms with Gasteiger partial charge in [0.2, 0.25) is 0 Å². The van der Waals surface area contributed by atoms with Crippen molar-refractivity contribution >= 4 is 29.1 Å². The van der Waals surface area contributed by atoms with E-state index in [1.807, 2.05) is 0 Å². The molecule has 0 aliphatic carbocycles. The molecule has 4 rings (SSSR count). The normalized spacial score (nSPS) is 22.0. The molecule has 35 heavy (non-hydrogen) atoms. The number of likely N-dealkylation sites (tertiary alicyclic amines) is 1. The molecule has 2 atom stereocenters. The number of carboxylic acid groups (broad SMARTS) is 1. The van der Waals surface area contributed by atoms with Crippen LogP contribution in [0.5, 0.6) is 0 Å². The van der Waals surface area contributed by atoms with Gasteiger partial charge >= 0.3 is 11.9 Å². The van der Waals surface area contributed by atoms with Crippen molar-refractivity contribution in [3.8, 4) is 0 Å². The third kappa shape index (κ3) is 5.22. The van der Waals surface area contributed by atoms with Gasteiger partial charge in [-0.3, -0.25) is 14.7 Å². The van der Waals surface area contributed by atoms with Crippen LogP contribution in [0.1, 0.15) is 35.5 Å². The van der Waals surface area contributed by atoms with Crippen LogP contribution in [0.4, 0.5) is 13.2 Å². The van der Waals surface area contributed by atoms with Gasteiger partial charge in [0.15, 0.2) is 10.8 Å². The summed E-state index contributed by atoms with van der Waals surface area (Å²) in [5.41, 5.74) is 1.27. The zero-order valence-electron chi connectivity index (χ0n) is 18.9. The largest absolute Gasteiger partial charge is 0.480 e. The first kappa shape index (κ1) is 24.9. The molecule has 0 radical (unpaired) electrons. The zero-order chi connectivity index (χ0) is 25.3. The highest BCUT2D eigenvalue weighted by molar-refractivity contribution is 7.11. The number of carbonyl (C=O) groups excluding carboxylic acids is 1. The van der Waals surface area contributed by atoms with E-state index < -0.39 is 48.7 Å². The van der Waals surface area contributed by atoms with Gasteiger partial charge in [-0.25, -0.2) is 22.9 Å². The molecule has 3 heterocycles. The van der Waals surface area contributed by atoms with Gasteiger partial charge in [-0.2, -0.15) is 0 Å². The second-order valence-electron chi connectivity index (χ2n) is 8.28. The van der Waals surface area contributed by atoms with Crippen LogP contribution in [0.3, 0.4) is 0 Å². The number of esters is 1. The van der Waals surface area contributed by atoms with Crippen LogP contribution < -0.4 is 5.32 Å². The lowest BCUT2D eigenvalue weighted by molar-refractivity contribution is -0.142. The van der Waals surface area contributed by atoms with Gasteiger partial charge in [-0.05, 0) is 37.1 Å². The minimum Gasteiger partial charge on any atom is -0.480 e. The minimum atomic E-state index is -3.19. The molecule has 2 aromatic rings. The van der Waals surface area contributed by atoms with Gasteiger partial charge in [0.1, 0.15) is 17.9 Å². The molecule has 0 spiro atoms. The van der Waals surface area contributed by atoms with Gasteiger partial charge in [0.05, 0.1) is 18.7 Å². The number of hydrogen-bond donors (Lipinski definition) is 2. The summed E-state index contributed by atoms with van der Waals surface area (Å²) in [6, 6.07) is 1.67. The van der Waals surface area contributed by atoms with E-state index in [4.69, 9.17) is 4.74 Å². The highest BCUT2D eigenvalue weighted by Crippen LogP contribution is 2.37. The Labute approximate surface area is 203 Å². The summed E-state index contributed by atoms with van der Waals surface area (Å²) in [7, 11) is 0. The molecule has 1 saturated heterocycles. The molecule has 2 aliphatic rings. The number of carbonyl (C=O) groups is 2. The number of aliphatic imine (C=N–C) groups is 1. The van der Waals surface area contributed by atoms with Crippen LogP contribution in [0.25, 0.3) is 0 Å². The standard InChI is InChI=1S/C23H23F3N4O4S/c1-3-34-22(33)17-15(10-30-11-23(25,26)9-16(30)21(31)32)28-19(20-27-6-7-35-20)29-18(17)14-5-4-13(24)8-12(14)2/h4-8,16,18H,3,9-11H2,1-2H3,(H,28,29)(H,31,32)/t16-,18-/m0/s1. The third-order valence-electron chi connectivity index (χ3n) is 5.80. The first-order valence-corrected chi connectivity index (χ1v) is 11.7. The maximum absolute atomic E-state index is 14.2. The predicted octanol–water partition coefficient (Wildman–Crippen LogP) is 3.29. The molecule has 2 N–H and O–H groups in total. The lowest BCUT2D eigenvalue weighted by atomic mass is 9.92. The molecule has 2 aliphatic heterocycles. The van der Waals surface area contributed by atoms with Crippen molar-refractivity contribution in [2.24, 2.45) is 4.99 Å². The number of hydrogen-bond acceptors (Lipinski definition) is 8. The Bertz CT molecular complexity index is 1200. The molecule has 12 heteroatoms. The number of thiazole rings is 1. The van der Waals surface area contributed by atoms with E-state index in [1.165, 1.54) is 29.5 Å². The fourth-order valence-corrected chi connectivity index (χ4v) is 4.87. The quantitative estimate of drug-likeness (QED) is 0.553. The summed E-state index contributed by atoms with van der Waals surface area (Å²) >= 11 is 1.27. The maximum atomic E-state index is 14.2. The van der Waals surface area contributed by atoms with Crippen LogP contribution in [-0.4, -0.2) is 64.4 Å². The van der Waals surface area contributed by atoms with Gasteiger partial charge in [-0.15, -0.1) is 11.3 Å². The lowest BCUT2D eigenvalue weighted by Gasteiger charge is -2.30. The molecule has 0 unspecified atom stereocenters. The molecule has 186 valence electrons. The Kier molecular flexibility index (Phi) is 6.95. The Hall–Kier alpha value is -3.25. The zero-order valence-corrected chi connectivity index (χ0v) is 19.7. The number of amidine groups is 1. The summed E-state index contributed by atoms with van der Waals surface area (Å²) in [6.07, 6.45) is 0.729.